The summed E-state index contributed by atoms with van der Waals surface area (Å²) in [7, 11) is 1.56. The van der Waals surface area contributed by atoms with Crippen LogP contribution in [0.3, 0.4) is 0 Å². The number of methoxy groups -OCH3 is 1. The van der Waals surface area contributed by atoms with Gasteiger partial charge in [0.2, 0.25) is 0 Å². The molecule has 1 fully saturated rings. The van der Waals surface area contributed by atoms with Gasteiger partial charge in [-0.2, -0.15) is 0 Å². The first kappa shape index (κ1) is 14.7. The summed E-state index contributed by atoms with van der Waals surface area (Å²) in [6.07, 6.45) is 2.03. The van der Waals surface area contributed by atoms with Crippen molar-refractivity contribution in [2.24, 2.45) is 0 Å². The summed E-state index contributed by atoms with van der Waals surface area (Å²) in [5.41, 5.74) is 6.86. The Morgan fingerprint density at radius 1 is 1.40 bits per heavy atom. The van der Waals surface area contributed by atoms with E-state index >= 15 is 0 Å². The van der Waals surface area contributed by atoms with Crippen molar-refractivity contribution < 1.29 is 14.3 Å². The molecular weight excluding hydrogens is 256 g/mol. The smallest absolute Gasteiger partial charge is 0.257 e. The predicted octanol–water partition coefficient (Wildman–Crippen LogP) is 1.92. The van der Waals surface area contributed by atoms with Crippen molar-refractivity contribution in [3.8, 4) is 5.75 Å². The van der Waals surface area contributed by atoms with Gasteiger partial charge >= 0.3 is 0 Å². The number of carbonyl (C=O) groups is 1. The number of nitrogens with two attached hydrogens (primary N) is 1. The minimum absolute atomic E-state index is 0.0240. The molecule has 0 radical (unpaired) electrons. The van der Waals surface area contributed by atoms with Crippen molar-refractivity contribution in [3.63, 3.8) is 0 Å². The van der Waals surface area contributed by atoms with Crippen molar-refractivity contribution in [1.29, 1.82) is 0 Å². The molecular formula is C15H22N2O3. The fraction of sp³-hybridized carbons (Fsp3) is 0.533. The van der Waals surface area contributed by atoms with E-state index in [0.29, 0.717) is 30.1 Å². The largest absolute Gasteiger partial charge is 0.496 e. The molecule has 1 saturated heterocycles. The lowest BCUT2D eigenvalue weighted by Crippen LogP contribution is -2.41. The molecule has 1 heterocycles. The maximum absolute atomic E-state index is 12.5. The monoisotopic (exact) mass is 278 g/mol. The molecule has 1 amide bonds. The van der Waals surface area contributed by atoms with Crippen LogP contribution >= 0.6 is 0 Å². The molecule has 5 nitrogen and oxygen atoms in total. The van der Waals surface area contributed by atoms with Gasteiger partial charge in [-0.05, 0) is 38.0 Å². The molecule has 2 N–H and O–H groups in total. The Hall–Kier alpha value is -1.75. The second-order valence-electron chi connectivity index (χ2n) is 4.91. The Labute approximate surface area is 119 Å². The quantitative estimate of drug-likeness (QED) is 0.855. The number of nitrogens with zero attached hydrogens (tertiary/aromatic N) is 1. The minimum Gasteiger partial charge on any atom is -0.496 e. The van der Waals surface area contributed by atoms with Crippen molar-refractivity contribution in [1.82, 2.24) is 4.90 Å². The number of hydrogen-bond donors (Lipinski definition) is 1. The van der Waals surface area contributed by atoms with Crippen LogP contribution in [0.15, 0.2) is 18.2 Å². The number of amides is 1. The van der Waals surface area contributed by atoms with Gasteiger partial charge in [-0.25, -0.2) is 0 Å². The predicted molar refractivity (Wildman–Crippen MR) is 78.0 cm³/mol. The molecule has 0 saturated carbocycles. The SMILES string of the molecule is CCOC1CCN(C(=O)c2cc(N)ccc2OC)CC1. The maximum Gasteiger partial charge on any atom is 0.257 e. The summed E-state index contributed by atoms with van der Waals surface area (Å²) in [4.78, 5) is 14.4. The third kappa shape index (κ3) is 3.22. The standard InChI is InChI=1S/C15H22N2O3/c1-3-20-12-6-8-17(9-7-12)15(18)13-10-11(16)4-5-14(13)19-2/h4-5,10,12H,3,6-9,16H2,1-2H3. The summed E-state index contributed by atoms with van der Waals surface area (Å²) < 4.78 is 10.8. The van der Waals surface area contributed by atoms with Crippen molar-refractivity contribution in [3.05, 3.63) is 23.8 Å². The number of benzene rings is 1. The van der Waals surface area contributed by atoms with E-state index in [1.165, 1.54) is 0 Å². The van der Waals surface area contributed by atoms with E-state index in [1.54, 1.807) is 25.3 Å². The number of likely N-dealkylation sites (tertiary alicyclic amines) is 1. The molecule has 0 aliphatic carbocycles. The van der Waals surface area contributed by atoms with E-state index in [9.17, 15) is 4.79 Å². The lowest BCUT2D eigenvalue weighted by molar-refractivity contribution is 0.0145. The van der Waals surface area contributed by atoms with E-state index in [1.807, 2.05) is 11.8 Å². The lowest BCUT2D eigenvalue weighted by atomic mass is 10.1. The van der Waals surface area contributed by atoms with Crippen LogP contribution in [0.4, 0.5) is 5.69 Å². The van der Waals surface area contributed by atoms with E-state index in [2.05, 4.69) is 0 Å². The molecule has 0 unspecified atom stereocenters. The molecule has 0 atom stereocenters. The van der Waals surface area contributed by atoms with Crippen LogP contribution in [-0.2, 0) is 4.74 Å². The summed E-state index contributed by atoms with van der Waals surface area (Å²) in [5.74, 6) is 0.542. The van der Waals surface area contributed by atoms with Crippen molar-refractivity contribution >= 4 is 11.6 Å². The first-order valence-electron chi connectivity index (χ1n) is 7.00. The number of ether oxygens (including phenoxy) is 2. The molecule has 5 heteroatoms. The summed E-state index contributed by atoms with van der Waals surface area (Å²) >= 11 is 0. The Morgan fingerprint density at radius 3 is 2.70 bits per heavy atom. The maximum atomic E-state index is 12.5. The van der Waals surface area contributed by atoms with Gasteiger partial charge in [0.15, 0.2) is 0 Å². The molecule has 1 aromatic carbocycles. The number of rotatable bonds is 4. The van der Waals surface area contributed by atoms with Crippen LogP contribution in [0.1, 0.15) is 30.1 Å². The Bertz CT molecular complexity index is 468. The third-order valence-electron chi connectivity index (χ3n) is 3.59. The van der Waals surface area contributed by atoms with Gasteiger partial charge in [-0.1, -0.05) is 0 Å². The van der Waals surface area contributed by atoms with Gasteiger partial charge in [-0.15, -0.1) is 0 Å². The first-order valence-corrected chi connectivity index (χ1v) is 7.00. The van der Waals surface area contributed by atoms with Gasteiger partial charge in [-0.3, -0.25) is 4.79 Å². The van der Waals surface area contributed by atoms with Crippen LogP contribution in [-0.4, -0.2) is 43.7 Å². The second kappa shape index (κ2) is 6.61. The average molecular weight is 278 g/mol. The minimum atomic E-state index is -0.0240. The van der Waals surface area contributed by atoms with Crippen LogP contribution in [0.2, 0.25) is 0 Å². The molecule has 1 aliphatic heterocycles. The lowest BCUT2D eigenvalue weighted by Gasteiger charge is -2.32. The summed E-state index contributed by atoms with van der Waals surface area (Å²) in [6, 6.07) is 5.14. The molecule has 110 valence electrons. The molecule has 0 spiro atoms. The highest BCUT2D eigenvalue weighted by molar-refractivity contribution is 5.97. The zero-order valence-corrected chi connectivity index (χ0v) is 12.1. The average Bonchev–Trinajstić information content (AvgIpc) is 2.47. The Kier molecular flexibility index (Phi) is 4.84. The Balaban J connectivity index is 2.07. The van der Waals surface area contributed by atoms with E-state index in [4.69, 9.17) is 15.2 Å². The highest BCUT2D eigenvalue weighted by Gasteiger charge is 2.25. The number of anilines is 1. The van der Waals surface area contributed by atoms with E-state index < -0.39 is 0 Å². The van der Waals surface area contributed by atoms with Crippen LogP contribution in [0.5, 0.6) is 5.75 Å². The third-order valence-corrected chi connectivity index (χ3v) is 3.59. The topological polar surface area (TPSA) is 64.8 Å². The number of carbonyl (C=O) groups excluding carboxylic acids is 1. The number of nitrogen functional groups attached to an aromatic ring is 1. The van der Waals surface area contributed by atoms with Gasteiger partial charge in [0.1, 0.15) is 5.75 Å². The Morgan fingerprint density at radius 2 is 2.10 bits per heavy atom. The van der Waals surface area contributed by atoms with E-state index in [-0.39, 0.29) is 12.0 Å². The summed E-state index contributed by atoms with van der Waals surface area (Å²) in [5, 5.41) is 0. The molecule has 0 aromatic heterocycles. The highest BCUT2D eigenvalue weighted by Crippen LogP contribution is 2.24. The molecule has 1 aliphatic rings. The number of hydrogen-bond acceptors (Lipinski definition) is 4. The summed E-state index contributed by atoms with van der Waals surface area (Å²) in [6.45, 7) is 4.14. The van der Waals surface area contributed by atoms with Gasteiger partial charge in [0.25, 0.3) is 5.91 Å². The van der Waals surface area contributed by atoms with Gasteiger partial charge in [0, 0.05) is 25.4 Å². The van der Waals surface area contributed by atoms with Crippen LogP contribution < -0.4 is 10.5 Å². The van der Waals surface area contributed by atoms with Crippen LogP contribution in [0, 0.1) is 0 Å². The van der Waals surface area contributed by atoms with Crippen molar-refractivity contribution in [2.45, 2.75) is 25.9 Å². The number of piperidine rings is 1. The van der Waals surface area contributed by atoms with Gasteiger partial charge in [0.05, 0.1) is 18.8 Å². The van der Waals surface area contributed by atoms with Gasteiger partial charge < -0.3 is 20.1 Å². The first-order chi connectivity index (χ1) is 9.65. The van der Waals surface area contributed by atoms with Crippen LogP contribution in [0.25, 0.3) is 0 Å². The molecule has 1 aromatic rings. The molecule has 2 rings (SSSR count). The second-order valence-corrected chi connectivity index (χ2v) is 4.91. The molecule has 20 heavy (non-hydrogen) atoms. The van der Waals surface area contributed by atoms with E-state index in [0.717, 1.165) is 19.4 Å². The zero-order chi connectivity index (χ0) is 14.5. The fourth-order valence-corrected chi connectivity index (χ4v) is 2.52. The zero-order valence-electron chi connectivity index (χ0n) is 12.1. The molecule has 0 bridgehead atoms. The highest BCUT2D eigenvalue weighted by atomic mass is 16.5. The normalized spacial score (nSPS) is 16.2. The van der Waals surface area contributed by atoms with Crippen molar-refractivity contribution in [2.75, 3.05) is 32.5 Å². The fourth-order valence-electron chi connectivity index (χ4n) is 2.52.